The number of benzene rings is 2. The van der Waals surface area contributed by atoms with Crippen LogP contribution in [0.5, 0.6) is 5.75 Å². The maximum Gasteiger partial charge on any atom is 0.123 e. The SMILES string of the molecule is NC1=C[C@H](CCOc2ccc(-c3ccc(F)cc3)cc2)CN1. The molecule has 22 heavy (non-hydrogen) atoms. The van der Waals surface area contributed by atoms with Crippen LogP contribution in [0.2, 0.25) is 0 Å². The number of hydrogen-bond acceptors (Lipinski definition) is 3. The van der Waals surface area contributed by atoms with Crippen molar-refractivity contribution in [3.05, 3.63) is 66.2 Å². The molecule has 0 bridgehead atoms. The smallest absolute Gasteiger partial charge is 0.123 e. The predicted molar refractivity (Wildman–Crippen MR) is 85.7 cm³/mol. The van der Waals surface area contributed by atoms with Gasteiger partial charge in [0.25, 0.3) is 0 Å². The summed E-state index contributed by atoms with van der Waals surface area (Å²) in [7, 11) is 0. The van der Waals surface area contributed by atoms with Crippen molar-refractivity contribution < 1.29 is 9.13 Å². The molecule has 0 radical (unpaired) electrons. The molecule has 0 unspecified atom stereocenters. The summed E-state index contributed by atoms with van der Waals surface area (Å²) in [6, 6.07) is 14.3. The fourth-order valence-electron chi connectivity index (χ4n) is 2.52. The van der Waals surface area contributed by atoms with Gasteiger partial charge in [0, 0.05) is 12.5 Å². The van der Waals surface area contributed by atoms with Crippen molar-refractivity contribution in [3.63, 3.8) is 0 Å². The van der Waals surface area contributed by atoms with Gasteiger partial charge in [0.05, 0.1) is 12.4 Å². The number of nitrogens with two attached hydrogens (primary N) is 1. The molecule has 3 rings (SSSR count). The molecule has 1 aliphatic rings. The van der Waals surface area contributed by atoms with Crippen molar-refractivity contribution in [2.45, 2.75) is 6.42 Å². The van der Waals surface area contributed by atoms with Gasteiger partial charge in [-0.15, -0.1) is 0 Å². The highest BCUT2D eigenvalue weighted by atomic mass is 19.1. The monoisotopic (exact) mass is 298 g/mol. The summed E-state index contributed by atoms with van der Waals surface area (Å²) in [6.45, 7) is 1.55. The Balaban J connectivity index is 1.54. The zero-order valence-electron chi connectivity index (χ0n) is 12.3. The fraction of sp³-hybridized carbons (Fsp3) is 0.222. The third kappa shape index (κ3) is 3.58. The summed E-state index contributed by atoms with van der Waals surface area (Å²) in [5, 5.41) is 3.10. The molecule has 2 aromatic rings. The van der Waals surface area contributed by atoms with Crippen molar-refractivity contribution in [2.24, 2.45) is 11.7 Å². The molecule has 1 heterocycles. The second-order valence-corrected chi connectivity index (χ2v) is 5.43. The molecule has 0 saturated heterocycles. The first-order chi connectivity index (χ1) is 10.7. The van der Waals surface area contributed by atoms with E-state index in [4.69, 9.17) is 10.5 Å². The molecule has 114 valence electrons. The van der Waals surface area contributed by atoms with Crippen molar-refractivity contribution >= 4 is 0 Å². The normalized spacial score (nSPS) is 17.0. The average Bonchev–Trinajstić information content (AvgIpc) is 2.94. The quantitative estimate of drug-likeness (QED) is 0.890. The highest BCUT2D eigenvalue weighted by molar-refractivity contribution is 5.63. The van der Waals surface area contributed by atoms with E-state index in [-0.39, 0.29) is 5.82 Å². The molecule has 0 spiro atoms. The summed E-state index contributed by atoms with van der Waals surface area (Å²) in [4.78, 5) is 0. The van der Waals surface area contributed by atoms with Crippen LogP contribution in [0.15, 0.2) is 60.4 Å². The van der Waals surface area contributed by atoms with Gasteiger partial charge in [-0.25, -0.2) is 4.39 Å². The number of halogens is 1. The highest BCUT2D eigenvalue weighted by Gasteiger charge is 2.12. The van der Waals surface area contributed by atoms with Crippen molar-refractivity contribution in [2.75, 3.05) is 13.2 Å². The Labute approximate surface area is 129 Å². The second kappa shape index (κ2) is 6.52. The summed E-state index contributed by atoms with van der Waals surface area (Å²) >= 11 is 0. The van der Waals surface area contributed by atoms with Gasteiger partial charge in [0.1, 0.15) is 11.6 Å². The fourth-order valence-corrected chi connectivity index (χ4v) is 2.52. The van der Waals surface area contributed by atoms with Gasteiger partial charge in [-0.2, -0.15) is 0 Å². The summed E-state index contributed by atoms with van der Waals surface area (Å²) < 4.78 is 18.7. The molecule has 0 aliphatic carbocycles. The zero-order valence-corrected chi connectivity index (χ0v) is 12.3. The summed E-state index contributed by atoms with van der Waals surface area (Å²) in [6.07, 6.45) is 2.98. The van der Waals surface area contributed by atoms with Gasteiger partial charge in [-0.1, -0.05) is 24.3 Å². The van der Waals surface area contributed by atoms with Gasteiger partial charge >= 0.3 is 0 Å². The van der Waals surface area contributed by atoms with Crippen molar-refractivity contribution in [1.29, 1.82) is 0 Å². The summed E-state index contributed by atoms with van der Waals surface area (Å²) in [5.41, 5.74) is 7.71. The first kappa shape index (κ1) is 14.4. The van der Waals surface area contributed by atoms with E-state index in [1.54, 1.807) is 12.1 Å². The van der Waals surface area contributed by atoms with Crippen LogP contribution in [0.1, 0.15) is 6.42 Å². The van der Waals surface area contributed by atoms with E-state index in [9.17, 15) is 4.39 Å². The Kier molecular flexibility index (Phi) is 4.28. The Morgan fingerprint density at radius 3 is 2.27 bits per heavy atom. The van der Waals surface area contributed by atoms with Crippen LogP contribution in [-0.4, -0.2) is 13.2 Å². The minimum absolute atomic E-state index is 0.222. The Hall–Kier alpha value is -2.49. The molecule has 3 N–H and O–H groups in total. The third-order valence-electron chi connectivity index (χ3n) is 3.77. The van der Waals surface area contributed by atoms with Crippen LogP contribution in [-0.2, 0) is 0 Å². The van der Waals surface area contributed by atoms with Crippen molar-refractivity contribution in [1.82, 2.24) is 5.32 Å². The van der Waals surface area contributed by atoms with Crippen LogP contribution in [0.3, 0.4) is 0 Å². The van der Waals surface area contributed by atoms with Crippen LogP contribution < -0.4 is 15.8 Å². The summed E-state index contributed by atoms with van der Waals surface area (Å²) in [5.74, 6) is 1.82. The molecule has 1 aliphatic heterocycles. The molecule has 0 amide bonds. The van der Waals surface area contributed by atoms with Gasteiger partial charge < -0.3 is 15.8 Å². The number of ether oxygens (including phenoxy) is 1. The van der Waals surface area contributed by atoms with E-state index in [0.29, 0.717) is 12.5 Å². The molecule has 1 atom stereocenters. The van der Waals surface area contributed by atoms with E-state index in [1.807, 2.05) is 30.3 Å². The standard InChI is InChI=1S/C18H19FN2O/c19-16-5-1-14(2-6-16)15-3-7-17(8-4-15)22-10-9-13-11-18(20)21-12-13/h1-8,11,13,21H,9-10,12,20H2/t13-/m0/s1. The molecule has 3 nitrogen and oxygen atoms in total. The third-order valence-corrected chi connectivity index (χ3v) is 3.77. The lowest BCUT2D eigenvalue weighted by Gasteiger charge is -2.10. The zero-order chi connectivity index (χ0) is 15.4. The molecule has 4 heteroatoms. The number of rotatable bonds is 5. The highest BCUT2D eigenvalue weighted by Crippen LogP contribution is 2.23. The Morgan fingerprint density at radius 1 is 1.05 bits per heavy atom. The molecular weight excluding hydrogens is 279 g/mol. The predicted octanol–water partition coefficient (Wildman–Crippen LogP) is 3.28. The first-order valence-corrected chi connectivity index (χ1v) is 7.41. The lowest BCUT2D eigenvalue weighted by molar-refractivity contribution is 0.293. The van der Waals surface area contributed by atoms with E-state index in [0.717, 1.165) is 35.7 Å². The molecule has 0 saturated carbocycles. The van der Waals surface area contributed by atoms with E-state index >= 15 is 0 Å². The van der Waals surface area contributed by atoms with Crippen LogP contribution in [0, 0.1) is 11.7 Å². The molecular formula is C18H19FN2O. The minimum atomic E-state index is -0.222. The maximum absolute atomic E-state index is 12.9. The molecule has 2 aromatic carbocycles. The Morgan fingerprint density at radius 2 is 1.68 bits per heavy atom. The lowest BCUT2D eigenvalue weighted by Crippen LogP contribution is -2.17. The number of nitrogens with one attached hydrogen (secondary N) is 1. The van der Waals surface area contributed by atoms with E-state index in [1.165, 1.54) is 12.1 Å². The van der Waals surface area contributed by atoms with Gasteiger partial charge in [0.2, 0.25) is 0 Å². The van der Waals surface area contributed by atoms with E-state index < -0.39 is 0 Å². The maximum atomic E-state index is 12.9. The van der Waals surface area contributed by atoms with Crippen molar-refractivity contribution in [3.8, 4) is 16.9 Å². The number of hydrogen-bond donors (Lipinski definition) is 2. The van der Waals surface area contributed by atoms with Gasteiger partial charge in [0.15, 0.2) is 0 Å². The second-order valence-electron chi connectivity index (χ2n) is 5.43. The van der Waals surface area contributed by atoms with Crippen LogP contribution >= 0.6 is 0 Å². The van der Waals surface area contributed by atoms with Gasteiger partial charge in [-0.3, -0.25) is 0 Å². The van der Waals surface area contributed by atoms with Crippen LogP contribution in [0.25, 0.3) is 11.1 Å². The van der Waals surface area contributed by atoms with E-state index in [2.05, 4.69) is 5.32 Å². The molecule has 0 aromatic heterocycles. The van der Waals surface area contributed by atoms with Gasteiger partial charge in [-0.05, 0) is 47.9 Å². The average molecular weight is 298 g/mol. The largest absolute Gasteiger partial charge is 0.494 e. The topological polar surface area (TPSA) is 47.3 Å². The lowest BCUT2D eigenvalue weighted by atomic mass is 10.1. The van der Waals surface area contributed by atoms with Crippen LogP contribution in [0.4, 0.5) is 4.39 Å². The Bertz CT molecular complexity index is 650. The molecule has 0 fully saturated rings. The first-order valence-electron chi connectivity index (χ1n) is 7.41. The minimum Gasteiger partial charge on any atom is -0.494 e.